The molecule has 0 aliphatic rings. The Morgan fingerprint density at radius 3 is 0.400 bits per heavy atom. The first kappa shape index (κ1) is 37.1. The zero-order valence-electron chi connectivity index (χ0n) is 5.00. The van der Waals surface area contributed by atoms with Crippen LogP contribution in [0.3, 0.4) is 0 Å². The molecule has 0 unspecified atom stereocenters. The van der Waals surface area contributed by atoms with Crippen molar-refractivity contribution >= 4 is 0 Å². The van der Waals surface area contributed by atoms with Crippen LogP contribution >= 0.6 is 0 Å². The van der Waals surface area contributed by atoms with Gasteiger partial charge in [-0.15, -0.1) is 0 Å². The second-order valence-electron chi connectivity index (χ2n) is 0. The fraction of sp³-hybridized carbons (Fsp3) is 0. The van der Waals surface area contributed by atoms with Crippen LogP contribution in [0.4, 0.5) is 0 Å². The number of hydrogen-bond donors (Lipinski definition) is 0. The molecular formula is Li3Na2+5. The van der Waals surface area contributed by atoms with Crippen LogP contribution in [0.1, 0.15) is 0 Å². The molecule has 0 aromatic carbocycles. The predicted octanol–water partition coefficient (Wildman–Crippen LogP) is -15.0. The van der Waals surface area contributed by atoms with E-state index in [-0.39, 0.29) is 116 Å². The zero-order valence-corrected chi connectivity index (χ0v) is 9.00. The second-order valence-corrected chi connectivity index (χ2v) is 0. The van der Waals surface area contributed by atoms with Gasteiger partial charge in [0.05, 0.1) is 0 Å². The average molecular weight is 66.8 g/mol. The van der Waals surface area contributed by atoms with E-state index in [1.165, 1.54) is 0 Å². The van der Waals surface area contributed by atoms with Gasteiger partial charge < -0.3 is 0 Å². The third-order valence-electron chi connectivity index (χ3n) is 0. The molecule has 0 fully saturated rings. The van der Waals surface area contributed by atoms with Crippen LogP contribution in [0.25, 0.3) is 0 Å². The molecule has 0 heterocycles. The first-order chi connectivity index (χ1) is 0. The molecule has 0 valence electrons. The van der Waals surface area contributed by atoms with E-state index < -0.39 is 0 Å². The van der Waals surface area contributed by atoms with Crippen molar-refractivity contribution in [1.82, 2.24) is 0 Å². The van der Waals surface area contributed by atoms with E-state index in [1.807, 2.05) is 0 Å². The van der Waals surface area contributed by atoms with Crippen LogP contribution in [0, 0.1) is 0 Å². The summed E-state index contributed by atoms with van der Waals surface area (Å²) in [6.07, 6.45) is 0. The van der Waals surface area contributed by atoms with Crippen molar-refractivity contribution in [2.75, 3.05) is 0 Å². The van der Waals surface area contributed by atoms with Crippen LogP contribution in [-0.4, -0.2) is 0 Å². The van der Waals surface area contributed by atoms with E-state index in [4.69, 9.17) is 0 Å². The third kappa shape index (κ3) is 18.2. The van der Waals surface area contributed by atoms with Crippen LogP contribution in [0.5, 0.6) is 0 Å². The molecule has 0 rings (SSSR count). The monoisotopic (exact) mass is 67.0 g/mol. The molecule has 0 saturated heterocycles. The first-order valence-corrected chi connectivity index (χ1v) is 0. The maximum atomic E-state index is 0. The Morgan fingerprint density at radius 1 is 0.400 bits per heavy atom. The van der Waals surface area contributed by atoms with Gasteiger partial charge in [0.2, 0.25) is 0 Å². The van der Waals surface area contributed by atoms with Gasteiger partial charge in [-0.2, -0.15) is 0 Å². The summed E-state index contributed by atoms with van der Waals surface area (Å²) in [6.45, 7) is 0. The summed E-state index contributed by atoms with van der Waals surface area (Å²) in [5, 5.41) is 0. The molecule has 0 aromatic rings. The van der Waals surface area contributed by atoms with Gasteiger partial charge in [0.25, 0.3) is 0 Å². The van der Waals surface area contributed by atoms with Crippen LogP contribution in [0.15, 0.2) is 0 Å². The van der Waals surface area contributed by atoms with E-state index in [0.29, 0.717) is 0 Å². The Morgan fingerprint density at radius 2 is 0.400 bits per heavy atom. The fourth-order valence-corrected chi connectivity index (χ4v) is 0. The van der Waals surface area contributed by atoms with Crippen LogP contribution in [-0.2, 0) is 0 Å². The van der Waals surface area contributed by atoms with Crippen molar-refractivity contribution in [3.63, 3.8) is 0 Å². The summed E-state index contributed by atoms with van der Waals surface area (Å²) in [5.41, 5.74) is 0. The first-order valence-electron chi connectivity index (χ1n) is 0. The minimum Gasteiger partial charge on any atom is 1.00 e. The Hall–Kier alpha value is 3.79. The Bertz CT molecular complexity index is 4.85. The molecule has 0 nitrogen and oxygen atoms in total. The fourth-order valence-electron chi connectivity index (χ4n) is 0. The molecule has 0 radical (unpaired) electrons. The van der Waals surface area contributed by atoms with Gasteiger partial charge in [0.15, 0.2) is 0 Å². The Labute approximate surface area is 113 Å². The summed E-state index contributed by atoms with van der Waals surface area (Å²) in [4.78, 5) is 0. The maximum Gasteiger partial charge on any atom is 1.00 e. The van der Waals surface area contributed by atoms with Crippen molar-refractivity contribution in [1.29, 1.82) is 0 Å². The summed E-state index contributed by atoms with van der Waals surface area (Å²) in [5.74, 6) is 0. The van der Waals surface area contributed by atoms with Crippen molar-refractivity contribution < 1.29 is 116 Å². The molecule has 0 atom stereocenters. The third-order valence-corrected chi connectivity index (χ3v) is 0. The molecule has 0 spiro atoms. The zero-order chi connectivity index (χ0) is 0. The van der Waals surface area contributed by atoms with E-state index in [2.05, 4.69) is 0 Å². The van der Waals surface area contributed by atoms with Crippen molar-refractivity contribution in [3.8, 4) is 0 Å². The van der Waals surface area contributed by atoms with Crippen LogP contribution in [0.2, 0.25) is 0 Å². The molecular weight excluding hydrogens is 66.8 g/mol. The number of hydrogen-bond acceptors (Lipinski definition) is 0. The van der Waals surface area contributed by atoms with Gasteiger partial charge in [-0.05, 0) is 0 Å². The molecule has 0 bridgehead atoms. The van der Waals surface area contributed by atoms with Crippen molar-refractivity contribution in [2.24, 2.45) is 0 Å². The molecule has 5 heavy (non-hydrogen) atoms. The van der Waals surface area contributed by atoms with Gasteiger partial charge in [-0.1, -0.05) is 0 Å². The SMILES string of the molecule is [Li+].[Li+].[Li+].[Na+].[Na+]. The van der Waals surface area contributed by atoms with Crippen LogP contribution < -0.4 is 116 Å². The molecule has 0 aliphatic heterocycles. The summed E-state index contributed by atoms with van der Waals surface area (Å²) >= 11 is 0. The average Bonchev–Trinajstić information content (AvgIpc) is 0. The van der Waals surface area contributed by atoms with Gasteiger partial charge in [0, 0.05) is 0 Å². The van der Waals surface area contributed by atoms with Crippen molar-refractivity contribution in [2.45, 2.75) is 0 Å². The van der Waals surface area contributed by atoms with Crippen molar-refractivity contribution in [3.05, 3.63) is 0 Å². The largest absolute Gasteiger partial charge is 1.00 e. The molecule has 5 heteroatoms. The quantitative estimate of drug-likeness (QED) is 0.247. The second kappa shape index (κ2) is 25.0. The van der Waals surface area contributed by atoms with E-state index in [0.717, 1.165) is 0 Å². The van der Waals surface area contributed by atoms with E-state index >= 15 is 0 Å². The van der Waals surface area contributed by atoms with Gasteiger partial charge >= 0.3 is 116 Å². The van der Waals surface area contributed by atoms with Gasteiger partial charge in [0.1, 0.15) is 0 Å². The molecule has 0 saturated carbocycles. The minimum atomic E-state index is 0. The van der Waals surface area contributed by atoms with E-state index in [1.54, 1.807) is 0 Å². The number of rotatable bonds is 0. The standard InChI is InChI=1S/3Li.2Na/q5*+1. The molecule has 0 aromatic heterocycles. The minimum absolute atomic E-state index is 0. The maximum absolute atomic E-state index is 0. The predicted molar refractivity (Wildman–Crippen MR) is 0 cm³/mol. The smallest absolute Gasteiger partial charge is 1.00 e. The normalized spacial score (nSPS) is 0. The summed E-state index contributed by atoms with van der Waals surface area (Å²) in [6, 6.07) is 0. The topological polar surface area (TPSA) is 0 Å². The molecule has 0 aliphatic carbocycles. The summed E-state index contributed by atoms with van der Waals surface area (Å²) in [7, 11) is 0. The molecule has 0 amide bonds. The van der Waals surface area contributed by atoms with Gasteiger partial charge in [-0.3, -0.25) is 0 Å². The Kier molecular flexibility index (Phi) is 186. The Balaban J connectivity index is 0. The molecule has 0 N–H and O–H groups in total. The summed E-state index contributed by atoms with van der Waals surface area (Å²) < 4.78 is 0. The van der Waals surface area contributed by atoms with Gasteiger partial charge in [-0.25, -0.2) is 0 Å². The van der Waals surface area contributed by atoms with E-state index in [9.17, 15) is 0 Å².